The van der Waals surface area contributed by atoms with E-state index in [9.17, 15) is 14.4 Å². The molecule has 5 rings (SSSR count). The number of hydrogen-bond donors (Lipinski definition) is 1. The summed E-state index contributed by atoms with van der Waals surface area (Å²) < 4.78 is 9.97. The number of methoxy groups -OCH3 is 1. The third kappa shape index (κ3) is 4.42. The predicted octanol–water partition coefficient (Wildman–Crippen LogP) is 3.50. The highest BCUT2D eigenvalue weighted by atomic mass is 16.5. The molecule has 0 saturated heterocycles. The van der Waals surface area contributed by atoms with Crippen LogP contribution in [0.4, 0.5) is 0 Å². The quantitative estimate of drug-likeness (QED) is 0.572. The van der Waals surface area contributed by atoms with Crippen LogP contribution in [0, 0.1) is 17.8 Å². The van der Waals surface area contributed by atoms with Crippen LogP contribution in [0.15, 0.2) is 30.3 Å². The third-order valence-electron chi connectivity index (χ3n) is 6.83. The van der Waals surface area contributed by atoms with Crippen LogP contribution in [0.2, 0.25) is 0 Å². The maximum absolute atomic E-state index is 12.7. The zero-order valence-corrected chi connectivity index (χ0v) is 17.6. The Kier molecular flexibility index (Phi) is 5.67. The normalized spacial score (nSPS) is 30.1. The number of amides is 1. The van der Waals surface area contributed by atoms with Crippen LogP contribution in [-0.4, -0.2) is 36.6 Å². The summed E-state index contributed by atoms with van der Waals surface area (Å²) in [5, 5.41) is 3.24. The number of carbonyl (C=O) groups is 3. The minimum atomic E-state index is -0.836. The molecular formula is C24H29NO5. The summed E-state index contributed by atoms with van der Waals surface area (Å²) in [4.78, 5) is 36.3. The molecule has 4 aliphatic rings. The molecule has 6 nitrogen and oxygen atoms in total. The fraction of sp³-hybridized carbons (Fsp3) is 0.542. The molecule has 0 aromatic heterocycles. The van der Waals surface area contributed by atoms with Gasteiger partial charge in [0.05, 0.1) is 12.7 Å². The van der Waals surface area contributed by atoms with Gasteiger partial charge in [-0.3, -0.25) is 4.79 Å². The molecule has 0 heterocycles. The number of nitrogens with one attached hydrogen (secondary N) is 1. The molecule has 0 unspecified atom stereocenters. The van der Waals surface area contributed by atoms with Crippen molar-refractivity contribution in [2.24, 2.45) is 17.8 Å². The van der Waals surface area contributed by atoms with Crippen molar-refractivity contribution in [2.45, 2.75) is 57.1 Å². The number of ether oxygens (including phenoxy) is 2. The lowest BCUT2D eigenvalue weighted by atomic mass is 9.53. The van der Waals surface area contributed by atoms with Crippen LogP contribution in [-0.2, 0) is 19.1 Å². The molecule has 4 fully saturated rings. The molecule has 160 valence electrons. The lowest BCUT2D eigenvalue weighted by Crippen LogP contribution is -2.61. The first kappa shape index (κ1) is 20.6. The van der Waals surface area contributed by atoms with E-state index in [1.807, 2.05) is 0 Å². The number of benzene rings is 1. The highest BCUT2D eigenvalue weighted by Crippen LogP contribution is 2.55. The maximum atomic E-state index is 12.7. The number of esters is 2. The fourth-order valence-electron chi connectivity index (χ4n) is 5.91. The Morgan fingerprint density at radius 3 is 2.13 bits per heavy atom. The van der Waals surface area contributed by atoms with Gasteiger partial charge in [-0.25, -0.2) is 9.59 Å². The molecule has 30 heavy (non-hydrogen) atoms. The molecular weight excluding hydrogens is 382 g/mol. The summed E-state index contributed by atoms with van der Waals surface area (Å²) >= 11 is 0. The summed E-state index contributed by atoms with van der Waals surface area (Å²) in [5.41, 5.74) is 1.08. The van der Waals surface area contributed by atoms with Crippen LogP contribution >= 0.6 is 0 Å². The van der Waals surface area contributed by atoms with Gasteiger partial charge in [0.25, 0.3) is 5.91 Å². The SMILES string of the molecule is COC(=O)c1ccc(/C=C/C(=O)O[C@@H](C)C(=O)NC23CC4CC(CC(C4)C2)C3)cc1. The predicted molar refractivity (Wildman–Crippen MR) is 111 cm³/mol. The first-order valence-electron chi connectivity index (χ1n) is 10.7. The summed E-state index contributed by atoms with van der Waals surface area (Å²) in [6, 6.07) is 6.66. The van der Waals surface area contributed by atoms with Crippen molar-refractivity contribution in [1.29, 1.82) is 0 Å². The van der Waals surface area contributed by atoms with E-state index in [4.69, 9.17) is 4.74 Å². The molecule has 1 aromatic carbocycles. The van der Waals surface area contributed by atoms with Crippen molar-refractivity contribution in [1.82, 2.24) is 5.32 Å². The molecule has 6 heteroatoms. The Hall–Kier alpha value is -2.63. The summed E-state index contributed by atoms with van der Waals surface area (Å²) in [6.45, 7) is 1.62. The minimum Gasteiger partial charge on any atom is -0.465 e. The standard InChI is InChI=1S/C24H29NO5/c1-15(22(27)25-24-12-17-9-18(13-24)11-19(10-17)14-24)30-21(26)8-5-16-3-6-20(7-4-16)23(28)29-2/h3-8,15,17-19H,9-14H2,1-2H3,(H,25,27)/b8-5+/t15-,17?,18?,19?,24?/m0/s1. The first-order valence-corrected chi connectivity index (χ1v) is 10.7. The Morgan fingerprint density at radius 1 is 1.03 bits per heavy atom. The van der Waals surface area contributed by atoms with Gasteiger partial charge in [-0.15, -0.1) is 0 Å². The summed E-state index contributed by atoms with van der Waals surface area (Å²) in [5.74, 6) is 1.03. The van der Waals surface area contributed by atoms with Crippen LogP contribution in [0.5, 0.6) is 0 Å². The van der Waals surface area contributed by atoms with E-state index < -0.39 is 18.0 Å². The zero-order chi connectivity index (χ0) is 21.3. The van der Waals surface area contributed by atoms with Gasteiger partial charge in [-0.05, 0) is 87.0 Å². The van der Waals surface area contributed by atoms with Crippen LogP contribution in [0.3, 0.4) is 0 Å². The van der Waals surface area contributed by atoms with E-state index in [1.165, 1.54) is 32.4 Å². The van der Waals surface area contributed by atoms with Crippen LogP contribution in [0.25, 0.3) is 6.08 Å². The van der Waals surface area contributed by atoms with Crippen molar-refractivity contribution < 1.29 is 23.9 Å². The maximum Gasteiger partial charge on any atom is 0.337 e. The molecule has 1 N–H and O–H groups in total. The van der Waals surface area contributed by atoms with E-state index in [1.54, 1.807) is 37.3 Å². The molecule has 1 amide bonds. The lowest BCUT2D eigenvalue weighted by molar-refractivity contribution is -0.152. The van der Waals surface area contributed by atoms with Gasteiger partial charge in [0, 0.05) is 11.6 Å². The smallest absolute Gasteiger partial charge is 0.337 e. The fourth-order valence-corrected chi connectivity index (χ4v) is 5.91. The van der Waals surface area contributed by atoms with E-state index in [0.29, 0.717) is 5.56 Å². The summed E-state index contributed by atoms with van der Waals surface area (Å²) in [6.07, 6.45) is 9.17. The second kappa shape index (κ2) is 8.25. The molecule has 0 aliphatic heterocycles. The first-order chi connectivity index (χ1) is 14.4. The van der Waals surface area contributed by atoms with Crippen molar-refractivity contribution in [3.8, 4) is 0 Å². The van der Waals surface area contributed by atoms with Gasteiger partial charge < -0.3 is 14.8 Å². The van der Waals surface area contributed by atoms with Crippen molar-refractivity contribution in [3.63, 3.8) is 0 Å². The average molecular weight is 411 g/mol. The molecule has 0 spiro atoms. The molecule has 0 radical (unpaired) electrons. The molecule has 1 atom stereocenters. The van der Waals surface area contributed by atoms with E-state index in [0.717, 1.165) is 42.6 Å². The molecule has 1 aromatic rings. The number of hydrogen-bond acceptors (Lipinski definition) is 5. The highest BCUT2D eigenvalue weighted by Gasteiger charge is 2.51. The second-order valence-electron chi connectivity index (χ2n) is 9.21. The lowest BCUT2D eigenvalue weighted by Gasteiger charge is -2.57. The monoisotopic (exact) mass is 411 g/mol. The molecule has 4 aliphatic carbocycles. The highest BCUT2D eigenvalue weighted by molar-refractivity contribution is 5.91. The largest absolute Gasteiger partial charge is 0.465 e. The minimum absolute atomic E-state index is 0.0935. The van der Waals surface area contributed by atoms with Gasteiger partial charge >= 0.3 is 11.9 Å². The molecule has 4 saturated carbocycles. The third-order valence-corrected chi connectivity index (χ3v) is 6.83. The Labute approximate surface area is 177 Å². The van der Waals surface area contributed by atoms with Crippen molar-refractivity contribution >= 4 is 23.9 Å². The topological polar surface area (TPSA) is 81.7 Å². The van der Waals surface area contributed by atoms with Crippen molar-refractivity contribution in [3.05, 3.63) is 41.5 Å². The molecule has 4 bridgehead atoms. The Bertz CT molecular complexity index is 822. The van der Waals surface area contributed by atoms with Crippen molar-refractivity contribution in [2.75, 3.05) is 7.11 Å². The van der Waals surface area contributed by atoms with E-state index in [2.05, 4.69) is 10.1 Å². The Morgan fingerprint density at radius 2 is 1.60 bits per heavy atom. The average Bonchev–Trinajstić information content (AvgIpc) is 2.70. The van der Waals surface area contributed by atoms with Gasteiger partial charge in [-0.2, -0.15) is 0 Å². The Balaban J connectivity index is 1.29. The van der Waals surface area contributed by atoms with Gasteiger partial charge in [0.15, 0.2) is 6.10 Å². The van der Waals surface area contributed by atoms with Crippen LogP contribution in [0.1, 0.15) is 61.4 Å². The number of rotatable bonds is 6. The van der Waals surface area contributed by atoms with E-state index >= 15 is 0 Å². The van der Waals surface area contributed by atoms with Gasteiger partial charge in [-0.1, -0.05) is 12.1 Å². The second-order valence-corrected chi connectivity index (χ2v) is 9.21. The van der Waals surface area contributed by atoms with Gasteiger partial charge in [0.1, 0.15) is 0 Å². The van der Waals surface area contributed by atoms with Gasteiger partial charge in [0.2, 0.25) is 0 Å². The zero-order valence-electron chi connectivity index (χ0n) is 17.6. The van der Waals surface area contributed by atoms with Crippen LogP contribution < -0.4 is 5.32 Å². The number of carbonyl (C=O) groups excluding carboxylic acids is 3. The summed E-state index contributed by atoms with van der Waals surface area (Å²) in [7, 11) is 1.33. The van der Waals surface area contributed by atoms with E-state index in [-0.39, 0.29) is 11.4 Å².